The van der Waals surface area contributed by atoms with E-state index in [1.54, 1.807) is 26.8 Å². The molecule has 1 aromatic carbocycles. The summed E-state index contributed by atoms with van der Waals surface area (Å²) in [7, 11) is -2.61. The van der Waals surface area contributed by atoms with Gasteiger partial charge in [-0.3, -0.25) is 4.79 Å². The minimum absolute atomic E-state index is 0.0556. The molecule has 0 fully saturated rings. The lowest BCUT2D eigenvalue weighted by molar-refractivity contribution is -0.140. The van der Waals surface area contributed by atoms with Gasteiger partial charge in [-0.1, -0.05) is 13.8 Å². The molecule has 0 amide bonds. The highest BCUT2D eigenvalue weighted by molar-refractivity contribution is 7.89. The lowest BCUT2D eigenvalue weighted by atomic mass is 10.1. The number of nitrogens with one attached hydrogen (secondary N) is 1. The maximum atomic E-state index is 12.4. The number of sulfonamides is 1. The fraction of sp³-hybridized carbons (Fsp3) is 0.500. The Hall–Kier alpha value is -1.60. The summed E-state index contributed by atoms with van der Waals surface area (Å²) in [4.78, 5) is 11.1. The molecule has 21 heavy (non-hydrogen) atoms. The second-order valence-corrected chi connectivity index (χ2v) is 6.95. The van der Waals surface area contributed by atoms with Gasteiger partial charge in [0.1, 0.15) is 16.7 Å². The molecule has 0 bridgehead atoms. The molecule has 2 N–H and O–H groups in total. The standard InChI is InChI=1S/C14H21NO5S/c1-8(2)13(14(16)17)15-21(18,19)12-7-10(4)9(3)6-11(12)20-5/h6-8,13,15H,1-5H3,(H,16,17). The van der Waals surface area contributed by atoms with E-state index in [-0.39, 0.29) is 16.6 Å². The zero-order valence-corrected chi connectivity index (χ0v) is 13.6. The Morgan fingerprint density at radius 3 is 2.19 bits per heavy atom. The molecule has 1 rings (SSSR count). The normalized spacial score (nSPS) is 13.2. The lowest BCUT2D eigenvalue weighted by Crippen LogP contribution is -2.44. The molecule has 0 aliphatic rings. The van der Waals surface area contributed by atoms with Gasteiger partial charge in [0.05, 0.1) is 7.11 Å². The maximum Gasteiger partial charge on any atom is 0.322 e. The van der Waals surface area contributed by atoms with Gasteiger partial charge in [0.25, 0.3) is 0 Å². The van der Waals surface area contributed by atoms with Crippen molar-refractivity contribution in [2.75, 3.05) is 7.11 Å². The topological polar surface area (TPSA) is 92.7 Å². The number of methoxy groups -OCH3 is 1. The minimum atomic E-state index is -3.99. The molecule has 0 saturated carbocycles. The molecular formula is C14H21NO5S. The van der Waals surface area contributed by atoms with E-state index in [4.69, 9.17) is 9.84 Å². The highest BCUT2D eigenvalue weighted by atomic mass is 32.2. The number of carboxylic acid groups (broad SMARTS) is 1. The van der Waals surface area contributed by atoms with Gasteiger partial charge < -0.3 is 9.84 Å². The summed E-state index contributed by atoms with van der Waals surface area (Å²) >= 11 is 0. The van der Waals surface area contributed by atoms with E-state index in [0.717, 1.165) is 11.1 Å². The van der Waals surface area contributed by atoms with Crippen molar-refractivity contribution in [1.82, 2.24) is 4.72 Å². The largest absolute Gasteiger partial charge is 0.495 e. The lowest BCUT2D eigenvalue weighted by Gasteiger charge is -2.19. The molecule has 0 saturated heterocycles. The van der Waals surface area contributed by atoms with E-state index in [1.807, 2.05) is 6.92 Å². The Bertz CT molecular complexity index is 637. The molecule has 1 aromatic rings. The van der Waals surface area contributed by atoms with Crippen LogP contribution in [-0.4, -0.2) is 32.6 Å². The zero-order valence-electron chi connectivity index (χ0n) is 12.8. The van der Waals surface area contributed by atoms with E-state index in [9.17, 15) is 13.2 Å². The molecule has 0 aliphatic heterocycles. The van der Waals surface area contributed by atoms with Crippen molar-refractivity contribution in [1.29, 1.82) is 0 Å². The first-order valence-corrected chi connectivity index (χ1v) is 7.98. The summed E-state index contributed by atoms with van der Waals surface area (Å²) < 4.78 is 32.2. The van der Waals surface area contributed by atoms with Crippen LogP contribution < -0.4 is 9.46 Å². The van der Waals surface area contributed by atoms with E-state index in [1.165, 1.54) is 13.2 Å². The zero-order chi connectivity index (χ0) is 16.4. The predicted molar refractivity (Wildman–Crippen MR) is 79.1 cm³/mol. The second-order valence-electron chi connectivity index (χ2n) is 5.27. The molecule has 0 aromatic heterocycles. The van der Waals surface area contributed by atoms with Gasteiger partial charge in [0, 0.05) is 0 Å². The molecule has 0 spiro atoms. The highest BCUT2D eigenvalue weighted by Crippen LogP contribution is 2.27. The summed E-state index contributed by atoms with van der Waals surface area (Å²) in [6.45, 7) is 6.90. The Morgan fingerprint density at radius 2 is 1.76 bits per heavy atom. The predicted octanol–water partition coefficient (Wildman–Crippen LogP) is 1.70. The number of hydrogen-bond donors (Lipinski definition) is 2. The summed E-state index contributed by atoms with van der Waals surface area (Å²) in [5, 5.41) is 9.12. The number of hydrogen-bond acceptors (Lipinski definition) is 4. The molecule has 1 atom stereocenters. The first-order chi connectivity index (χ1) is 9.60. The quantitative estimate of drug-likeness (QED) is 0.833. The number of benzene rings is 1. The van der Waals surface area contributed by atoms with Gasteiger partial charge in [-0.05, 0) is 43.0 Å². The van der Waals surface area contributed by atoms with E-state index < -0.39 is 22.0 Å². The number of aryl methyl sites for hydroxylation is 2. The molecule has 118 valence electrons. The van der Waals surface area contributed by atoms with Crippen molar-refractivity contribution in [2.45, 2.75) is 38.6 Å². The molecular weight excluding hydrogens is 294 g/mol. The first-order valence-electron chi connectivity index (χ1n) is 6.50. The third-order valence-electron chi connectivity index (χ3n) is 3.28. The van der Waals surface area contributed by atoms with Crippen LogP contribution in [0.15, 0.2) is 17.0 Å². The molecule has 0 radical (unpaired) electrons. The van der Waals surface area contributed by atoms with Crippen LogP contribution in [0.1, 0.15) is 25.0 Å². The second kappa shape index (κ2) is 6.44. The SMILES string of the molecule is COc1cc(C)c(C)cc1S(=O)(=O)NC(C(=O)O)C(C)C. The third-order valence-corrected chi connectivity index (χ3v) is 4.75. The maximum absolute atomic E-state index is 12.4. The van der Waals surface area contributed by atoms with Gasteiger partial charge in [-0.15, -0.1) is 0 Å². The number of ether oxygens (including phenoxy) is 1. The minimum Gasteiger partial charge on any atom is -0.495 e. The van der Waals surface area contributed by atoms with E-state index in [2.05, 4.69) is 4.72 Å². The van der Waals surface area contributed by atoms with Crippen LogP contribution in [0.3, 0.4) is 0 Å². The third kappa shape index (κ3) is 3.95. The number of carboxylic acids is 1. The van der Waals surface area contributed by atoms with Crippen LogP contribution in [0, 0.1) is 19.8 Å². The highest BCUT2D eigenvalue weighted by Gasteiger charge is 2.30. The Labute approximate surface area is 125 Å². The fourth-order valence-electron chi connectivity index (χ4n) is 1.84. The molecule has 0 aliphatic carbocycles. The average Bonchev–Trinajstić information content (AvgIpc) is 2.37. The van der Waals surface area contributed by atoms with Crippen LogP contribution in [0.2, 0.25) is 0 Å². The van der Waals surface area contributed by atoms with Gasteiger partial charge in [0.2, 0.25) is 10.0 Å². The van der Waals surface area contributed by atoms with E-state index in [0.29, 0.717) is 0 Å². The van der Waals surface area contributed by atoms with Crippen molar-refractivity contribution >= 4 is 16.0 Å². The van der Waals surface area contributed by atoms with Crippen molar-refractivity contribution in [3.63, 3.8) is 0 Å². The number of rotatable bonds is 6. The van der Waals surface area contributed by atoms with Crippen LogP contribution in [0.5, 0.6) is 5.75 Å². The van der Waals surface area contributed by atoms with Crippen LogP contribution in [0.4, 0.5) is 0 Å². The molecule has 0 heterocycles. The molecule has 7 heteroatoms. The van der Waals surface area contributed by atoms with Gasteiger partial charge in [-0.25, -0.2) is 8.42 Å². The van der Waals surface area contributed by atoms with Crippen molar-refractivity contribution in [3.05, 3.63) is 23.3 Å². The Balaban J connectivity index is 3.31. The summed E-state index contributed by atoms with van der Waals surface area (Å²) in [6, 6.07) is 1.91. The number of aliphatic carboxylic acids is 1. The van der Waals surface area contributed by atoms with Crippen molar-refractivity contribution < 1.29 is 23.1 Å². The van der Waals surface area contributed by atoms with Gasteiger partial charge in [-0.2, -0.15) is 4.72 Å². The summed E-state index contributed by atoms with van der Waals surface area (Å²) in [5.41, 5.74) is 1.68. The van der Waals surface area contributed by atoms with Crippen molar-refractivity contribution in [2.24, 2.45) is 5.92 Å². The molecule has 6 nitrogen and oxygen atoms in total. The molecule has 1 unspecified atom stereocenters. The van der Waals surface area contributed by atoms with E-state index >= 15 is 0 Å². The average molecular weight is 315 g/mol. The Morgan fingerprint density at radius 1 is 1.24 bits per heavy atom. The van der Waals surface area contributed by atoms with Crippen molar-refractivity contribution in [3.8, 4) is 5.75 Å². The van der Waals surface area contributed by atoms with Crippen LogP contribution >= 0.6 is 0 Å². The summed E-state index contributed by atoms with van der Waals surface area (Å²) in [5.74, 6) is -1.40. The van der Waals surface area contributed by atoms with Crippen LogP contribution in [-0.2, 0) is 14.8 Å². The van der Waals surface area contributed by atoms with Gasteiger partial charge in [0.15, 0.2) is 0 Å². The first kappa shape index (κ1) is 17.5. The van der Waals surface area contributed by atoms with Crippen LogP contribution in [0.25, 0.3) is 0 Å². The Kier molecular flexibility index (Phi) is 5.36. The number of carbonyl (C=O) groups is 1. The smallest absolute Gasteiger partial charge is 0.322 e. The monoisotopic (exact) mass is 315 g/mol. The fourth-order valence-corrected chi connectivity index (χ4v) is 3.41. The van der Waals surface area contributed by atoms with Gasteiger partial charge >= 0.3 is 5.97 Å². The summed E-state index contributed by atoms with van der Waals surface area (Å²) in [6.07, 6.45) is 0.